The minimum absolute atomic E-state index is 0.994. The Morgan fingerprint density at radius 3 is 2.12 bits per heavy atom. The highest BCUT2D eigenvalue weighted by Crippen LogP contribution is 2.29. The summed E-state index contributed by atoms with van der Waals surface area (Å²) in [5, 5.41) is 0. The fourth-order valence-corrected chi connectivity index (χ4v) is 3.23. The number of hydrogen-bond acceptors (Lipinski definition) is 4. The minimum Gasteiger partial charge on any atom is -0.368 e. The summed E-state index contributed by atoms with van der Waals surface area (Å²) in [5.74, 6) is 0. The zero-order valence-electron chi connectivity index (χ0n) is 13.5. The molecule has 0 atom stereocenters. The van der Waals surface area contributed by atoms with Crippen molar-refractivity contribution in [1.29, 1.82) is 0 Å². The predicted molar refractivity (Wildman–Crippen MR) is 98.3 cm³/mol. The van der Waals surface area contributed by atoms with Crippen molar-refractivity contribution in [2.75, 3.05) is 36.0 Å². The number of aromatic nitrogens is 2. The van der Waals surface area contributed by atoms with E-state index in [1.54, 1.807) is 0 Å². The van der Waals surface area contributed by atoms with Crippen molar-refractivity contribution >= 4 is 11.4 Å². The van der Waals surface area contributed by atoms with E-state index in [9.17, 15) is 0 Å². The van der Waals surface area contributed by atoms with Gasteiger partial charge in [-0.05, 0) is 24.3 Å². The van der Waals surface area contributed by atoms with Gasteiger partial charge in [0.15, 0.2) is 0 Å². The molecule has 4 rings (SSSR count). The third kappa shape index (κ3) is 2.95. The van der Waals surface area contributed by atoms with Gasteiger partial charge in [0, 0.05) is 56.0 Å². The van der Waals surface area contributed by atoms with Crippen LogP contribution in [0.5, 0.6) is 0 Å². The average Bonchev–Trinajstić information content (AvgIpc) is 2.69. The lowest BCUT2D eigenvalue weighted by Gasteiger charge is -2.37. The van der Waals surface area contributed by atoms with Crippen molar-refractivity contribution in [3.8, 4) is 11.3 Å². The topological polar surface area (TPSA) is 32.3 Å². The molecule has 120 valence electrons. The van der Waals surface area contributed by atoms with Gasteiger partial charge in [0.25, 0.3) is 0 Å². The van der Waals surface area contributed by atoms with Crippen LogP contribution < -0.4 is 9.80 Å². The van der Waals surface area contributed by atoms with Crippen molar-refractivity contribution < 1.29 is 0 Å². The fraction of sp³-hybridized carbons (Fsp3) is 0.200. The summed E-state index contributed by atoms with van der Waals surface area (Å²) in [6, 6.07) is 18.8. The van der Waals surface area contributed by atoms with Crippen LogP contribution in [0, 0.1) is 0 Å². The second kappa shape index (κ2) is 6.71. The maximum absolute atomic E-state index is 4.64. The SMILES string of the molecule is c1ccc(-c2ncccc2N2CCN(c3ccncc3)CC2)cc1. The Morgan fingerprint density at radius 2 is 1.38 bits per heavy atom. The first-order chi connectivity index (χ1) is 11.9. The highest BCUT2D eigenvalue weighted by Gasteiger charge is 2.20. The molecule has 1 saturated heterocycles. The Balaban J connectivity index is 1.54. The van der Waals surface area contributed by atoms with Crippen molar-refractivity contribution in [3.05, 3.63) is 73.2 Å². The summed E-state index contributed by atoms with van der Waals surface area (Å²) in [7, 11) is 0. The summed E-state index contributed by atoms with van der Waals surface area (Å²) in [5.41, 5.74) is 4.71. The molecule has 0 amide bonds. The molecule has 0 saturated carbocycles. The largest absolute Gasteiger partial charge is 0.368 e. The first kappa shape index (κ1) is 14.7. The molecule has 1 aliphatic heterocycles. The van der Waals surface area contributed by atoms with Gasteiger partial charge in [-0.25, -0.2) is 0 Å². The lowest BCUT2D eigenvalue weighted by atomic mass is 10.1. The fourth-order valence-electron chi connectivity index (χ4n) is 3.23. The molecule has 0 N–H and O–H groups in total. The number of benzene rings is 1. The van der Waals surface area contributed by atoms with Crippen molar-refractivity contribution in [2.45, 2.75) is 0 Å². The quantitative estimate of drug-likeness (QED) is 0.740. The first-order valence-electron chi connectivity index (χ1n) is 8.32. The van der Waals surface area contributed by atoms with E-state index in [1.807, 2.05) is 30.7 Å². The van der Waals surface area contributed by atoms with Crippen LogP contribution in [0.4, 0.5) is 11.4 Å². The molecule has 4 heteroatoms. The molecular formula is C20H20N4. The molecular weight excluding hydrogens is 296 g/mol. The van der Waals surface area contributed by atoms with Crippen molar-refractivity contribution in [3.63, 3.8) is 0 Å². The Kier molecular flexibility index (Phi) is 4.11. The highest BCUT2D eigenvalue weighted by molar-refractivity contribution is 5.75. The van der Waals surface area contributed by atoms with Gasteiger partial charge in [-0.1, -0.05) is 30.3 Å². The lowest BCUT2D eigenvalue weighted by molar-refractivity contribution is 0.653. The van der Waals surface area contributed by atoms with Crippen molar-refractivity contribution in [2.24, 2.45) is 0 Å². The van der Waals surface area contributed by atoms with E-state index in [0.717, 1.165) is 31.9 Å². The van der Waals surface area contributed by atoms with Crippen LogP contribution in [-0.2, 0) is 0 Å². The molecule has 3 aromatic rings. The van der Waals surface area contributed by atoms with Crippen LogP contribution in [0.25, 0.3) is 11.3 Å². The number of nitrogens with zero attached hydrogens (tertiary/aromatic N) is 4. The monoisotopic (exact) mass is 316 g/mol. The van der Waals surface area contributed by atoms with E-state index in [-0.39, 0.29) is 0 Å². The maximum atomic E-state index is 4.64. The molecule has 3 heterocycles. The van der Waals surface area contributed by atoms with Gasteiger partial charge < -0.3 is 9.80 Å². The standard InChI is InChI=1S/C20H20N4/c1-2-5-17(6-3-1)20-19(7-4-10-22-20)24-15-13-23(14-16-24)18-8-11-21-12-9-18/h1-12H,13-16H2. The third-order valence-corrected chi connectivity index (χ3v) is 4.48. The van der Waals surface area contributed by atoms with E-state index >= 15 is 0 Å². The number of piperazine rings is 1. The van der Waals surface area contributed by atoms with E-state index in [2.05, 4.69) is 62.2 Å². The van der Waals surface area contributed by atoms with Gasteiger partial charge >= 0.3 is 0 Å². The summed E-state index contributed by atoms with van der Waals surface area (Å²) in [6.45, 7) is 4.00. The van der Waals surface area contributed by atoms with E-state index in [0.29, 0.717) is 0 Å². The highest BCUT2D eigenvalue weighted by atomic mass is 15.3. The summed E-state index contributed by atoms with van der Waals surface area (Å²) < 4.78 is 0. The Labute approximate surface area is 142 Å². The second-order valence-electron chi connectivity index (χ2n) is 5.92. The molecule has 0 spiro atoms. The number of hydrogen-bond donors (Lipinski definition) is 0. The smallest absolute Gasteiger partial charge is 0.0935 e. The van der Waals surface area contributed by atoms with E-state index in [4.69, 9.17) is 0 Å². The molecule has 0 aliphatic carbocycles. The molecule has 0 radical (unpaired) electrons. The average molecular weight is 316 g/mol. The molecule has 0 bridgehead atoms. The molecule has 1 fully saturated rings. The zero-order chi connectivity index (χ0) is 16.2. The van der Waals surface area contributed by atoms with Crippen LogP contribution in [0.3, 0.4) is 0 Å². The van der Waals surface area contributed by atoms with Gasteiger partial charge in [-0.2, -0.15) is 0 Å². The van der Waals surface area contributed by atoms with Gasteiger partial charge in [-0.15, -0.1) is 0 Å². The molecule has 4 nitrogen and oxygen atoms in total. The van der Waals surface area contributed by atoms with Crippen LogP contribution >= 0.6 is 0 Å². The summed E-state index contributed by atoms with van der Waals surface area (Å²) >= 11 is 0. The van der Waals surface area contributed by atoms with Crippen LogP contribution in [-0.4, -0.2) is 36.1 Å². The predicted octanol–water partition coefficient (Wildman–Crippen LogP) is 3.47. The van der Waals surface area contributed by atoms with E-state index < -0.39 is 0 Å². The number of anilines is 2. The number of rotatable bonds is 3. The number of pyridine rings is 2. The molecule has 24 heavy (non-hydrogen) atoms. The maximum Gasteiger partial charge on any atom is 0.0935 e. The van der Waals surface area contributed by atoms with Gasteiger partial charge in [-0.3, -0.25) is 9.97 Å². The Morgan fingerprint density at radius 1 is 0.667 bits per heavy atom. The normalized spacial score (nSPS) is 14.7. The summed E-state index contributed by atoms with van der Waals surface area (Å²) in [4.78, 5) is 13.6. The minimum atomic E-state index is 0.994. The van der Waals surface area contributed by atoms with Gasteiger partial charge in [0.2, 0.25) is 0 Å². The van der Waals surface area contributed by atoms with Crippen molar-refractivity contribution in [1.82, 2.24) is 9.97 Å². The van der Waals surface area contributed by atoms with Gasteiger partial charge in [0.05, 0.1) is 11.4 Å². The van der Waals surface area contributed by atoms with Crippen LogP contribution in [0.1, 0.15) is 0 Å². The molecule has 0 unspecified atom stereocenters. The van der Waals surface area contributed by atoms with Crippen LogP contribution in [0.2, 0.25) is 0 Å². The van der Waals surface area contributed by atoms with E-state index in [1.165, 1.54) is 16.9 Å². The second-order valence-corrected chi connectivity index (χ2v) is 5.92. The third-order valence-electron chi connectivity index (χ3n) is 4.48. The molecule has 1 aromatic carbocycles. The Hall–Kier alpha value is -2.88. The summed E-state index contributed by atoms with van der Waals surface area (Å²) in [6.07, 6.45) is 5.59. The van der Waals surface area contributed by atoms with Crippen LogP contribution in [0.15, 0.2) is 73.2 Å². The lowest BCUT2D eigenvalue weighted by Crippen LogP contribution is -2.46. The molecule has 2 aromatic heterocycles. The Bertz CT molecular complexity index is 781. The first-order valence-corrected chi connectivity index (χ1v) is 8.32. The molecule has 1 aliphatic rings. The zero-order valence-corrected chi connectivity index (χ0v) is 13.5. The van der Waals surface area contributed by atoms with Gasteiger partial charge in [0.1, 0.15) is 0 Å².